The lowest BCUT2D eigenvalue weighted by Crippen LogP contribution is -2.47. The summed E-state index contributed by atoms with van der Waals surface area (Å²) in [5, 5.41) is 10.1. The molecular weight excluding hydrogens is 532 g/mol. The summed E-state index contributed by atoms with van der Waals surface area (Å²) in [4.78, 5) is 42.7. The maximum atomic E-state index is 13.9. The van der Waals surface area contributed by atoms with Gasteiger partial charge in [-0.05, 0) is 48.9 Å². The summed E-state index contributed by atoms with van der Waals surface area (Å²) < 4.78 is 12.2. The standard InChI is InChI=1S/C31H39ClN2O6/c1-31(2,3)19-34-25-13-12-21(32)17-24(25)29(23-10-5-6-11-26(23)39-4)40-15-14-33(27(35)18-28(34)36)22-9-7-8-20(16-22)30(37)38/h5-6,10-13,17,20,22,29H,7-9,14-16,18-19H2,1-4H3,(H,37,38)/t20-,22+,29?/m1/s1. The molecule has 2 aromatic carbocycles. The van der Waals surface area contributed by atoms with Gasteiger partial charge in [-0.2, -0.15) is 0 Å². The van der Waals surface area contributed by atoms with E-state index in [0.717, 1.165) is 5.56 Å². The minimum atomic E-state index is -0.845. The van der Waals surface area contributed by atoms with Crippen molar-refractivity contribution in [2.45, 2.75) is 65.0 Å². The van der Waals surface area contributed by atoms with Gasteiger partial charge in [0, 0.05) is 41.0 Å². The van der Waals surface area contributed by atoms with Gasteiger partial charge < -0.3 is 24.4 Å². The zero-order chi connectivity index (χ0) is 29.0. The van der Waals surface area contributed by atoms with Gasteiger partial charge in [0.05, 0.1) is 19.6 Å². The first-order chi connectivity index (χ1) is 19.0. The first kappa shape index (κ1) is 29.9. The van der Waals surface area contributed by atoms with E-state index in [-0.39, 0.29) is 42.8 Å². The van der Waals surface area contributed by atoms with Crippen LogP contribution in [0.4, 0.5) is 5.69 Å². The van der Waals surface area contributed by atoms with Gasteiger partial charge in [-0.15, -0.1) is 0 Å². The molecule has 0 spiro atoms. The molecule has 1 fully saturated rings. The van der Waals surface area contributed by atoms with Crippen molar-refractivity contribution >= 4 is 35.1 Å². The molecule has 1 aliphatic carbocycles. The topological polar surface area (TPSA) is 96.4 Å². The quantitative estimate of drug-likeness (QED) is 0.463. The molecule has 3 atom stereocenters. The fourth-order valence-corrected chi connectivity index (χ4v) is 5.95. The lowest BCUT2D eigenvalue weighted by Gasteiger charge is -2.37. The second-order valence-electron chi connectivity index (χ2n) is 11.9. The molecule has 9 heteroatoms. The molecule has 2 aliphatic rings. The van der Waals surface area contributed by atoms with Gasteiger partial charge in [-0.1, -0.05) is 57.0 Å². The molecule has 1 heterocycles. The van der Waals surface area contributed by atoms with Gasteiger partial charge in [0.25, 0.3) is 0 Å². The van der Waals surface area contributed by atoms with E-state index in [1.54, 1.807) is 23.0 Å². The van der Waals surface area contributed by atoms with Crippen LogP contribution in [0.3, 0.4) is 0 Å². The molecule has 216 valence electrons. The number of rotatable bonds is 5. The predicted molar refractivity (Wildman–Crippen MR) is 154 cm³/mol. The number of para-hydroxylation sites is 1. The third kappa shape index (κ3) is 6.96. The highest BCUT2D eigenvalue weighted by Gasteiger charge is 2.36. The molecule has 0 saturated heterocycles. The number of carboxylic acid groups (broad SMARTS) is 1. The highest BCUT2D eigenvalue weighted by atomic mass is 35.5. The largest absolute Gasteiger partial charge is 0.496 e. The van der Waals surface area contributed by atoms with Gasteiger partial charge in [0.1, 0.15) is 18.3 Å². The molecule has 2 amide bonds. The summed E-state index contributed by atoms with van der Waals surface area (Å²) in [7, 11) is 1.60. The molecule has 1 aliphatic heterocycles. The van der Waals surface area contributed by atoms with E-state index in [9.17, 15) is 19.5 Å². The average Bonchev–Trinajstić information content (AvgIpc) is 2.92. The zero-order valence-electron chi connectivity index (χ0n) is 23.7. The lowest BCUT2D eigenvalue weighted by atomic mass is 9.85. The van der Waals surface area contributed by atoms with Crippen LogP contribution in [0.1, 0.15) is 70.1 Å². The lowest BCUT2D eigenvalue weighted by molar-refractivity contribution is -0.146. The Labute approximate surface area is 241 Å². The van der Waals surface area contributed by atoms with E-state index < -0.39 is 18.0 Å². The van der Waals surface area contributed by atoms with Crippen molar-refractivity contribution in [2.75, 3.05) is 31.7 Å². The number of fused-ring (bicyclic) bond motifs is 1. The predicted octanol–water partition coefficient (Wildman–Crippen LogP) is 5.71. The van der Waals surface area contributed by atoms with Crippen LogP contribution in [-0.4, -0.2) is 60.6 Å². The fourth-order valence-electron chi connectivity index (χ4n) is 5.77. The molecule has 1 unspecified atom stereocenters. The van der Waals surface area contributed by atoms with Crippen LogP contribution < -0.4 is 9.64 Å². The minimum Gasteiger partial charge on any atom is -0.496 e. The van der Waals surface area contributed by atoms with Crippen molar-refractivity contribution in [3.63, 3.8) is 0 Å². The maximum Gasteiger partial charge on any atom is 0.306 e. The molecule has 0 radical (unpaired) electrons. The van der Waals surface area contributed by atoms with Gasteiger partial charge in [0.2, 0.25) is 11.8 Å². The van der Waals surface area contributed by atoms with Crippen molar-refractivity contribution in [1.82, 2.24) is 4.90 Å². The molecule has 40 heavy (non-hydrogen) atoms. The van der Waals surface area contributed by atoms with E-state index in [2.05, 4.69) is 0 Å². The number of methoxy groups -OCH3 is 1. The number of carboxylic acids is 1. The van der Waals surface area contributed by atoms with Gasteiger partial charge >= 0.3 is 5.97 Å². The Bertz CT molecular complexity index is 1240. The number of carbonyl (C=O) groups is 3. The molecule has 0 aromatic heterocycles. The van der Waals surface area contributed by atoms with Crippen LogP contribution in [0.5, 0.6) is 5.75 Å². The van der Waals surface area contributed by atoms with Crippen LogP contribution in [0.25, 0.3) is 0 Å². The molecule has 1 saturated carbocycles. The van der Waals surface area contributed by atoms with Crippen molar-refractivity contribution in [3.8, 4) is 5.75 Å². The number of anilines is 1. The summed E-state index contributed by atoms with van der Waals surface area (Å²) in [5.41, 5.74) is 1.84. The molecule has 8 nitrogen and oxygen atoms in total. The average molecular weight is 571 g/mol. The third-order valence-electron chi connectivity index (χ3n) is 7.59. The van der Waals surface area contributed by atoms with Crippen LogP contribution in [0, 0.1) is 11.3 Å². The summed E-state index contributed by atoms with van der Waals surface area (Å²) >= 11 is 6.51. The Morgan fingerprint density at radius 2 is 1.85 bits per heavy atom. The molecular formula is C31H39ClN2O6. The number of nitrogens with zero attached hydrogens (tertiary/aromatic N) is 2. The van der Waals surface area contributed by atoms with E-state index in [4.69, 9.17) is 21.1 Å². The Hall–Kier alpha value is -3.10. The Morgan fingerprint density at radius 3 is 2.55 bits per heavy atom. The number of ether oxygens (including phenoxy) is 2. The normalized spacial score (nSPS) is 22.9. The van der Waals surface area contributed by atoms with Gasteiger partial charge in [-0.3, -0.25) is 14.4 Å². The smallest absolute Gasteiger partial charge is 0.306 e. The van der Waals surface area contributed by atoms with Crippen LogP contribution in [0.2, 0.25) is 5.02 Å². The van der Waals surface area contributed by atoms with Gasteiger partial charge in [-0.25, -0.2) is 0 Å². The Balaban J connectivity index is 1.82. The Kier molecular flexibility index (Phi) is 9.41. The van der Waals surface area contributed by atoms with E-state index in [1.165, 1.54) is 0 Å². The number of aliphatic carboxylic acids is 1. The first-order valence-electron chi connectivity index (χ1n) is 13.8. The summed E-state index contributed by atoms with van der Waals surface area (Å²) in [6.07, 6.45) is 1.42. The SMILES string of the molecule is COc1ccccc1C1OCCN([C@H]2CCC[C@@H](C(=O)O)C2)C(=O)CC(=O)N(CC(C)(C)C)c2ccc(Cl)cc21. The number of benzene rings is 2. The maximum absolute atomic E-state index is 13.9. The molecule has 4 rings (SSSR count). The van der Waals surface area contributed by atoms with Crippen LogP contribution >= 0.6 is 11.6 Å². The summed E-state index contributed by atoms with van der Waals surface area (Å²) in [5.74, 6) is -1.35. The van der Waals surface area contributed by atoms with E-state index >= 15 is 0 Å². The van der Waals surface area contributed by atoms with Crippen molar-refractivity contribution in [2.24, 2.45) is 11.3 Å². The first-order valence-corrected chi connectivity index (χ1v) is 14.2. The van der Waals surface area contributed by atoms with Crippen molar-refractivity contribution in [3.05, 3.63) is 58.6 Å². The number of hydrogen-bond donors (Lipinski definition) is 1. The zero-order valence-corrected chi connectivity index (χ0v) is 24.4. The van der Waals surface area contributed by atoms with E-state index in [0.29, 0.717) is 54.3 Å². The van der Waals surface area contributed by atoms with Crippen LogP contribution in [0.15, 0.2) is 42.5 Å². The highest BCUT2D eigenvalue weighted by Crippen LogP contribution is 2.40. The third-order valence-corrected chi connectivity index (χ3v) is 7.83. The second kappa shape index (κ2) is 12.6. The summed E-state index contributed by atoms with van der Waals surface area (Å²) in [6, 6.07) is 12.7. The number of amides is 2. The highest BCUT2D eigenvalue weighted by molar-refractivity contribution is 6.30. The van der Waals surface area contributed by atoms with Crippen LogP contribution in [-0.2, 0) is 19.1 Å². The number of hydrogen-bond acceptors (Lipinski definition) is 5. The van der Waals surface area contributed by atoms with Crippen molar-refractivity contribution < 1.29 is 29.0 Å². The molecule has 2 aromatic rings. The second-order valence-corrected chi connectivity index (χ2v) is 12.3. The van der Waals surface area contributed by atoms with Gasteiger partial charge in [0.15, 0.2) is 0 Å². The van der Waals surface area contributed by atoms with E-state index in [1.807, 2.05) is 57.2 Å². The monoisotopic (exact) mass is 570 g/mol. The van der Waals surface area contributed by atoms with Crippen molar-refractivity contribution in [1.29, 1.82) is 0 Å². The fraction of sp³-hybridized carbons (Fsp3) is 0.516. The Morgan fingerprint density at radius 1 is 1.10 bits per heavy atom. The number of halogens is 1. The summed E-state index contributed by atoms with van der Waals surface area (Å²) in [6.45, 7) is 6.91. The number of carbonyl (C=O) groups excluding carboxylic acids is 2. The minimum absolute atomic E-state index is 0.183. The molecule has 0 bridgehead atoms. The molecule has 1 N–H and O–H groups in total.